The van der Waals surface area contributed by atoms with Gasteiger partial charge >= 0.3 is 0 Å². The largest absolute Gasteiger partial charge is 0.317 e. The number of nitrogens with zero attached hydrogens (tertiary/aromatic N) is 2. The Balaban J connectivity index is 1.80. The lowest BCUT2D eigenvalue weighted by molar-refractivity contribution is -0.122. The minimum absolute atomic E-state index is 0.0414. The highest BCUT2D eigenvalue weighted by Gasteiger charge is 2.35. The maximum absolute atomic E-state index is 13.4. The highest BCUT2D eigenvalue weighted by Crippen LogP contribution is 2.27. The van der Waals surface area contributed by atoms with Crippen LogP contribution in [0.1, 0.15) is 27.9 Å². The summed E-state index contributed by atoms with van der Waals surface area (Å²) < 4.78 is 1.98. The van der Waals surface area contributed by atoms with Gasteiger partial charge in [0.2, 0.25) is 0 Å². The third kappa shape index (κ3) is 3.70. The van der Waals surface area contributed by atoms with Crippen molar-refractivity contribution in [3.8, 4) is 5.69 Å². The van der Waals surface area contributed by atoms with Crippen molar-refractivity contribution < 1.29 is 9.59 Å². The minimum Gasteiger partial charge on any atom is -0.317 e. The van der Waals surface area contributed by atoms with Crippen LogP contribution in [0.25, 0.3) is 11.8 Å². The van der Waals surface area contributed by atoms with E-state index in [1.54, 1.807) is 6.08 Å². The molecule has 2 amide bonds. The summed E-state index contributed by atoms with van der Waals surface area (Å²) in [6.45, 7) is 7.98. The van der Waals surface area contributed by atoms with E-state index in [1.165, 1.54) is 10.5 Å². The number of anilines is 1. The van der Waals surface area contributed by atoms with E-state index in [2.05, 4.69) is 25.2 Å². The molecule has 0 atom stereocenters. The number of hydrogen-bond donors (Lipinski definition) is 1. The molecule has 0 spiro atoms. The zero-order valence-corrected chi connectivity index (χ0v) is 18.7. The first-order chi connectivity index (χ1) is 14.8. The SMILES string of the molecule is Cc1ccc(C)c(N2C(=O)/C(=C/c3cccn3-c3cccc(C)c3C)C(=O)NC2=S)c1. The summed E-state index contributed by atoms with van der Waals surface area (Å²) in [4.78, 5) is 27.5. The molecule has 2 heterocycles. The fourth-order valence-electron chi connectivity index (χ4n) is 3.71. The van der Waals surface area contributed by atoms with Crippen LogP contribution in [0.4, 0.5) is 5.69 Å². The Kier molecular flexibility index (Phi) is 5.33. The second-order valence-corrected chi connectivity index (χ2v) is 8.16. The van der Waals surface area contributed by atoms with E-state index in [1.807, 2.05) is 67.1 Å². The summed E-state index contributed by atoms with van der Waals surface area (Å²) in [7, 11) is 0. The Morgan fingerprint density at radius 3 is 2.45 bits per heavy atom. The fraction of sp³-hybridized carbons (Fsp3) is 0.160. The van der Waals surface area contributed by atoms with Gasteiger partial charge < -0.3 is 4.57 Å². The van der Waals surface area contributed by atoms with Gasteiger partial charge in [-0.3, -0.25) is 19.8 Å². The average Bonchev–Trinajstić information content (AvgIpc) is 3.18. The first kappa shape index (κ1) is 20.8. The van der Waals surface area contributed by atoms with Crippen molar-refractivity contribution in [2.24, 2.45) is 0 Å². The van der Waals surface area contributed by atoms with Gasteiger partial charge in [0.1, 0.15) is 5.57 Å². The molecule has 0 aliphatic carbocycles. The topological polar surface area (TPSA) is 54.3 Å². The molecule has 0 unspecified atom stereocenters. The van der Waals surface area contributed by atoms with E-state index in [9.17, 15) is 9.59 Å². The van der Waals surface area contributed by atoms with E-state index in [0.29, 0.717) is 5.69 Å². The Morgan fingerprint density at radius 1 is 0.903 bits per heavy atom. The molecule has 6 heteroatoms. The van der Waals surface area contributed by atoms with Crippen LogP contribution in [0.15, 0.2) is 60.3 Å². The number of hydrogen-bond acceptors (Lipinski definition) is 3. The number of rotatable bonds is 3. The maximum atomic E-state index is 13.4. The van der Waals surface area contributed by atoms with Gasteiger partial charge in [0.05, 0.1) is 5.69 Å². The van der Waals surface area contributed by atoms with Gasteiger partial charge in [-0.25, -0.2) is 0 Å². The number of aryl methyl sites for hydroxylation is 3. The first-order valence-electron chi connectivity index (χ1n) is 10.0. The van der Waals surface area contributed by atoms with Gasteiger partial charge in [0, 0.05) is 17.6 Å². The molecule has 1 aliphatic rings. The molecule has 1 saturated heterocycles. The molecular formula is C25H23N3O2S. The summed E-state index contributed by atoms with van der Waals surface area (Å²) in [5.74, 6) is -0.929. The van der Waals surface area contributed by atoms with Crippen molar-refractivity contribution in [3.63, 3.8) is 0 Å². The maximum Gasteiger partial charge on any atom is 0.270 e. The van der Waals surface area contributed by atoms with Gasteiger partial charge in [-0.2, -0.15) is 0 Å². The summed E-state index contributed by atoms with van der Waals surface area (Å²) >= 11 is 5.34. The van der Waals surface area contributed by atoms with Crippen molar-refractivity contribution >= 4 is 40.9 Å². The van der Waals surface area contributed by atoms with Crippen LogP contribution in [0.5, 0.6) is 0 Å². The van der Waals surface area contributed by atoms with E-state index in [4.69, 9.17) is 12.2 Å². The normalized spacial score (nSPS) is 15.5. The lowest BCUT2D eigenvalue weighted by Crippen LogP contribution is -2.54. The van der Waals surface area contributed by atoms with Crippen molar-refractivity contribution in [3.05, 3.63) is 88.2 Å². The number of carbonyl (C=O) groups excluding carboxylic acids is 2. The average molecular weight is 430 g/mol. The number of thiocarbonyl (C=S) groups is 1. The van der Waals surface area contributed by atoms with Gasteiger partial charge in [-0.15, -0.1) is 0 Å². The lowest BCUT2D eigenvalue weighted by Gasteiger charge is -2.30. The second kappa shape index (κ2) is 7.96. The van der Waals surface area contributed by atoms with Gasteiger partial charge in [-0.1, -0.05) is 24.3 Å². The van der Waals surface area contributed by atoms with Crippen molar-refractivity contribution in [2.75, 3.05) is 4.90 Å². The molecule has 31 heavy (non-hydrogen) atoms. The van der Waals surface area contributed by atoms with E-state index in [-0.39, 0.29) is 10.7 Å². The smallest absolute Gasteiger partial charge is 0.270 e. The summed E-state index contributed by atoms with van der Waals surface area (Å²) in [6.07, 6.45) is 3.55. The monoisotopic (exact) mass is 429 g/mol. The molecule has 1 N–H and O–H groups in total. The van der Waals surface area contributed by atoms with E-state index in [0.717, 1.165) is 28.1 Å². The molecule has 5 nitrogen and oxygen atoms in total. The molecule has 2 aromatic carbocycles. The Hall–Kier alpha value is -3.51. The van der Waals surface area contributed by atoms with Crippen LogP contribution < -0.4 is 10.2 Å². The van der Waals surface area contributed by atoms with Crippen molar-refractivity contribution in [1.82, 2.24) is 9.88 Å². The number of benzene rings is 2. The molecule has 1 fully saturated rings. The standard InChI is InChI=1S/C25H23N3O2S/c1-15-10-11-17(3)22(13-15)28-24(30)20(23(29)26-25(28)31)14-19-8-6-12-27(19)21-9-5-7-16(2)18(21)4/h5-14H,1-4H3,(H,26,29,31)/b20-14+. The van der Waals surface area contributed by atoms with E-state index >= 15 is 0 Å². The molecule has 156 valence electrons. The van der Waals surface area contributed by atoms with Crippen LogP contribution in [0.3, 0.4) is 0 Å². The fourth-order valence-corrected chi connectivity index (χ4v) is 3.99. The number of carbonyl (C=O) groups is 2. The predicted molar refractivity (Wildman–Crippen MR) is 127 cm³/mol. The van der Waals surface area contributed by atoms with Crippen LogP contribution in [0.2, 0.25) is 0 Å². The Labute approximate surface area is 187 Å². The Bertz CT molecular complexity index is 1270. The zero-order valence-electron chi connectivity index (χ0n) is 17.9. The van der Waals surface area contributed by atoms with Crippen LogP contribution in [-0.2, 0) is 9.59 Å². The predicted octanol–water partition coefficient (Wildman–Crippen LogP) is 4.54. The molecule has 0 bridgehead atoms. The number of amides is 2. The molecule has 0 radical (unpaired) electrons. The third-order valence-corrected chi connectivity index (χ3v) is 5.90. The Morgan fingerprint density at radius 2 is 1.68 bits per heavy atom. The summed E-state index contributed by atoms with van der Waals surface area (Å²) in [6, 6.07) is 15.7. The lowest BCUT2D eigenvalue weighted by atomic mass is 10.1. The van der Waals surface area contributed by atoms with Crippen molar-refractivity contribution in [2.45, 2.75) is 27.7 Å². The molecule has 0 saturated carbocycles. The highest BCUT2D eigenvalue weighted by molar-refractivity contribution is 7.80. The minimum atomic E-state index is -0.495. The zero-order chi connectivity index (χ0) is 22.3. The van der Waals surface area contributed by atoms with Crippen LogP contribution in [-0.4, -0.2) is 21.5 Å². The number of nitrogens with one attached hydrogen (secondary N) is 1. The molecule has 1 aliphatic heterocycles. The second-order valence-electron chi connectivity index (χ2n) is 7.77. The molecule has 4 rings (SSSR count). The van der Waals surface area contributed by atoms with Gasteiger partial charge in [0.15, 0.2) is 5.11 Å². The summed E-state index contributed by atoms with van der Waals surface area (Å²) in [5, 5.41) is 2.76. The van der Waals surface area contributed by atoms with E-state index < -0.39 is 11.8 Å². The van der Waals surface area contributed by atoms with Crippen LogP contribution in [0, 0.1) is 27.7 Å². The number of aromatic nitrogens is 1. The molecule has 3 aromatic rings. The summed E-state index contributed by atoms with van der Waals surface area (Å²) in [5.41, 5.74) is 6.66. The van der Waals surface area contributed by atoms with Crippen LogP contribution >= 0.6 is 12.2 Å². The quantitative estimate of drug-likeness (QED) is 0.378. The highest BCUT2D eigenvalue weighted by atomic mass is 32.1. The molecule has 1 aromatic heterocycles. The van der Waals surface area contributed by atoms with Gasteiger partial charge in [0.25, 0.3) is 11.8 Å². The van der Waals surface area contributed by atoms with Gasteiger partial charge in [-0.05, 0) is 92.5 Å². The first-order valence-corrected chi connectivity index (χ1v) is 10.4. The third-order valence-electron chi connectivity index (χ3n) is 5.62. The molecular weight excluding hydrogens is 406 g/mol. The van der Waals surface area contributed by atoms with Crippen molar-refractivity contribution in [1.29, 1.82) is 0 Å².